The van der Waals surface area contributed by atoms with Crippen molar-refractivity contribution in [1.29, 1.82) is 0 Å². The Labute approximate surface area is 178 Å². The molecule has 0 bridgehead atoms. The summed E-state index contributed by atoms with van der Waals surface area (Å²) in [4.78, 5) is 31.2. The summed E-state index contributed by atoms with van der Waals surface area (Å²) < 4.78 is 1.88. The van der Waals surface area contributed by atoms with Gasteiger partial charge in [-0.25, -0.2) is 9.50 Å². The van der Waals surface area contributed by atoms with Crippen LogP contribution in [0.25, 0.3) is 5.65 Å². The second-order valence-corrected chi connectivity index (χ2v) is 9.18. The second-order valence-electron chi connectivity index (χ2n) is 9.18. The van der Waals surface area contributed by atoms with Crippen LogP contribution in [0.3, 0.4) is 0 Å². The van der Waals surface area contributed by atoms with Gasteiger partial charge in [-0.3, -0.25) is 9.59 Å². The van der Waals surface area contributed by atoms with E-state index >= 15 is 0 Å². The summed E-state index contributed by atoms with van der Waals surface area (Å²) in [6, 6.07) is 2.04. The highest BCUT2D eigenvalue weighted by molar-refractivity contribution is 5.81. The molecule has 0 aromatic carbocycles. The lowest BCUT2D eigenvalue weighted by atomic mass is 9.95. The van der Waals surface area contributed by atoms with Crippen LogP contribution in [0.15, 0.2) is 18.7 Å². The molecule has 1 aliphatic heterocycles. The van der Waals surface area contributed by atoms with E-state index in [-0.39, 0.29) is 23.1 Å². The van der Waals surface area contributed by atoms with E-state index in [4.69, 9.17) is 10.1 Å². The van der Waals surface area contributed by atoms with Crippen molar-refractivity contribution in [2.24, 2.45) is 5.41 Å². The Hall–Kier alpha value is -2.70. The van der Waals surface area contributed by atoms with E-state index in [2.05, 4.69) is 11.9 Å². The lowest BCUT2D eigenvalue weighted by molar-refractivity contribution is -0.138. The summed E-state index contributed by atoms with van der Waals surface area (Å²) in [6.45, 7) is 15.5. The normalized spacial score (nSPS) is 16.8. The quantitative estimate of drug-likeness (QED) is 0.741. The summed E-state index contributed by atoms with van der Waals surface area (Å²) >= 11 is 0. The van der Waals surface area contributed by atoms with Crippen molar-refractivity contribution in [3.8, 4) is 0 Å². The van der Waals surface area contributed by atoms with Crippen LogP contribution in [0.5, 0.6) is 0 Å². The first kappa shape index (κ1) is 22.0. The molecular formula is C23H33N5O2. The molecule has 30 heavy (non-hydrogen) atoms. The number of carbonyl (C=O) groups excluding carboxylic acids is 2. The number of carbonyl (C=O) groups is 2. The smallest absolute Gasteiger partial charge is 0.227 e. The number of aryl methyl sites for hydroxylation is 2. The van der Waals surface area contributed by atoms with E-state index in [1.807, 2.05) is 50.1 Å². The van der Waals surface area contributed by atoms with Crippen molar-refractivity contribution in [3.63, 3.8) is 0 Å². The summed E-state index contributed by atoms with van der Waals surface area (Å²) in [7, 11) is 0. The number of fused-ring (bicyclic) bond motifs is 1. The molecule has 1 atom stereocenters. The second kappa shape index (κ2) is 8.58. The Morgan fingerprint density at radius 2 is 2.07 bits per heavy atom. The number of nitrogens with zero attached hydrogens (tertiary/aromatic N) is 4. The monoisotopic (exact) mass is 411 g/mol. The highest BCUT2D eigenvalue weighted by Gasteiger charge is 2.34. The van der Waals surface area contributed by atoms with Crippen molar-refractivity contribution >= 4 is 17.5 Å². The van der Waals surface area contributed by atoms with Gasteiger partial charge in [0.25, 0.3) is 0 Å². The average molecular weight is 412 g/mol. The SMILES string of the molecule is C=CCNC(=O)CCc1c(C)nc2cc(C3CCN(C(=O)C(C)(C)C)C3)nn2c1C. The summed E-state index contributed by atoms with van der Waals surface area (Å²) in [5.41, 5.74) is 4.44. The largest absolute Gasteiger partial charge is 0.353 e. The molecule has 1 N–H and O–H groups in total. The molecule has 3 rings (SSSR count). The van der Waals surface area contributed by atoms with E-state index in [1.54, 1.807) is 6.08 Å². The molecule has 7 heteroatoms. The van der Waals surface area contributed by atoms with Gasteiger partial charge in [0, 0.05) is 54.8 Å². The highest BCUT2D eigenvalue weighted by Crippen LogP contribution is 2.30. The minimum absolute atomic E-state index is 0.00418. The van der Waals surface area contributed by atoms with E-state index in [9.17, 15) is 9.59 Å². The minimum Gasteiger partial charge on any atom is -0.353 e. The van der Waals surface area contributed by atoms with Crippen molar-refractivity contribution < 1.29 is 9.59 Å². The first-order chi connectivity index (χ1) is 14.1. The third kappa shape index (κ3) is 4.55. The molecule has 2 amide bonds. The molecule has 1 unspecified atom stereocenters. The zero-order valence-corrected chi connectivity index (χ0v) is 18.8. The van der Waals surface area contributed by atoms with Crippen LogP contribution >= 0.6 is 0 Å². The van der Waals surface area contributed by atoms with Crippen molar-refractivity contribution in [2.45, 2.75) is 59.8 Å². The van der Waals surface area contributed by atoms with Crippen molar-refractivity contribution in [1.82, 2.24) is 24.8 Å². The van der Waals surface area contributed by atoms with E-state index < -0.39 is 0 Å². The average Bonchev–Trinajstić information content (AvgIpc) is 3.31. The van der Waals surface area contributed by atoms with E-state index in [0.717, 1.165) is 41.3 Å². The standard InChI is InChI=1S/C23H33N5O2/c1-7-11-24-21(29)9-8-18-15(2)25-20-13-19(26-28(20)16(18)3)17-10-12-27(14-17)22(30)23(4,5)6/h7,13,17H,1,8-12,14H2,2-6H3,(H,24,29). The predicted molar refractivity (Wildman–Crippen MR) is 117 cm³/mol. The lowest BCUT2D eigenvalue weighted by Crippen LogP contribution is -2.37. The van der Waals surface area contributed by atoms with Crippen LogP contribution in [-0.4, -0.2) is 50.9 Å². The molecular weight excluding hydrogens is 378 g/mol. The Morgan fingerprint density at radius 1 is 1.33 bits per heavy atom. The van der Waals surface area contributed by atoms with Crippen molar-refractivity contribution in [2.75, 3.05) is 19.6 Å². The molecule has 1 saturated heterocycles. The number of hydrogen-bond acceptors (Lipinski definition) is 4. The Morgan fingerprint density at radius 3 is 2.73 bits per heavy atom. The van der Waals surface area contributed by atoms with Crippen LogP contribution in [0, 0.1) is 19.3 Å². The number of hydrogen-bond donors (Lipinski definition) is 1. The third-order valence-corrected chi connectivity index (χ3v) is 5.76. The van der Waals surface area contributed by atoms with Gasteiger partial charge >= 0.3 is 0 Å². The fourth-order valence-electron chi connectivity index (χ4n) is 4.08. The van der Waals surface area contributed by atoms with Crippen LogP contribution in [-0.2, 0) is 16.0 Å². The van der Waals surface area contributed by atoms with Gasteiger partial charge in [-0.05, 0) is 32.3 Å². The molecule has 3 heterocycles. The highest BCUT2D eigenvalue weighted by atomic mass is 16.2. The van der Waals surface area contributed by atoms with E-state index in [1.165, 1.54) is 0 Å². The molecule has 0 saturated carbocycles. The van der Waals surface area contributed by atoms with Crippen molar-refractivity contribution in [3.05, 3.63) is 41.4 Å². The Kier molecular flexibility index (Phi) is 6.29. The zero-order chi connectivity index (χ0) is 22.1. The van der Waals surface area contributed by atoms with Gasteiger partial charge in [0.2, 0.25) is 11.8 Å². The number of nitrogens with one attached hydrogen (secondary N) is 1. The van der Waals surface area contributed by atoms with Gasteiger partial charge in [-0.15, -0.1) is 6.58 Å². The molecule has 0 radical (unpaired) electrons. The summed E-state index contributed by atoms with van der Waals surface area (Å²) in [5.74, 6) is 0.422. The molecule has 0 aliphatic carbocycles. The van der Waals surface area contributed by atoms with Crippen LogP contribution in [0.1, 0.15) is 62.2 Å². The van der Waals surface area contributed by atoms with Gasteiger partial charge in [0.15, 0.2) is 5.65 Å². The maximum absolute atomic E-state index is 12.6. The van der Waals surface area contributed by atoms with Gasteiger partial charge < -0.3 is 10.2 Å². The van der Waals surface area contributed by atoms with Gasteiger partial charge in [-0.1, -0.05) is 26.8 Å². The van der Waals surface area contributed by atoms with Gasteiger partial charge in [0.1, 0.15) is 0 Å². The molecule has 2 aromatic rings. The maximum Gasteiger partial charge on any atom is 0.227 e. The Bertz CT molecular complexity index is 970. The van der Waals surface area contributed by atoms with Gasteiger partial charge in [0.05, 0.1) is 5.69 Å². The molecule has 162 valence electrons. The van der Waals surface area contributed by atoms with Crippen LogP contribution in [0.4, 0.5) is 0 Å². The van der Waals surface area contributed by atoms with Crippen LogP contribution in [0.2, 0.25) is 0 Å². The lowest BCUT2D eigenvalue weighted by Gasteiger charge is -2.25. The zero-order valence-electron chi connectivity index (χ0n) is 18.8. The number of aromatic nitrogens is 3. The topological polar surface area (TPSA) is 79.6 Å². The summed E-state index contributed by atoms with van der Waals surface area (Å²) in [6.07, 6.45) is 3.62. The molecule has 7 nitrogen and oxygen atoms in total. The van der Waals surface area contributed by atoms with Gasteiger partial charge in [-0.2, -0.15) is 5.10 Å². The first-order valence-corrected chi connectivity index (χ1v) is 10.6. The fraction of sp³-hybridized carbons (Fsp3) is 0.565. The van der Waals surface area contributed by atoms with E-state index in [0.29, 0.717) is 25.9 Å². The number of rotatable bonds is 6. The first-order valence-electron chi connectivity index (χ1n) is 10.6. The van der Waals surface area contributed by atoms with Crippen LogP contribution < -0.4 is 5.32 Å². The molecule has 1 aliphatic rings. The fourth-order valence-corrected chi connectivity index (χ4v) is 4.08. The number of amides is 2. The predicted octanol–water partition coefficient (Wildman–Crippen LogP) is 2.94. The summed E-state index contributed by atoms with van der Waals surface area (Å²) in [5, 5.41) is 7.64. The Balaban J connectivity index is 1.78. The molecule has 1 fully saturated rings. The third-order valence-electron chi connectivity index (χ3n) is 5.76. The number of likely N-dealkylation sites (tertiary alicyclic amines) is 1. The molecule has 0 spiro atoms. The maximum atomic E-state index is 12.6. The molecule has 2 aromatic heterocycles. The minimum atomic E-state index is -0.365.